The van der Waals surface area contributed by atoms with Gasteiger partial charge in [0.25, 0.3) is 6.47 Å². The van der Waals surface area contributed by atoms with E-state index in [4.69, 9.17) is 24.7 Å². The number of aryl methyl sites for hydroxylation is 2. The van der Waals surface area contributed by atoms with Crippen LogP contribution in [0.25, 0.3) is 5.69 Å². The Morgan fingerprint density at radius 2 is 1.93 bits per heavy atom. The first kappa shape index (κ1) is 20.5. The molecule has 30 heavy (non-hydrogen) atoms. The number of benzene rings is 1. The van der Waals surface area contributed by atoms with Crippen molar-refractivity contribution in [3.63, 3.8) is 0 Å². The van der Waals surface area contributed by atoms with Crippen molar-refractivity contribution in [2.75, 3.05) is 13.2 Å². The third-order valence-corrected chi connectivity index (χ3v) is 6.12. The highest BCUT2D eigenvalue weighted by Gasteiger charge is 2.27. The molecule has 2 aromatic rings. The molecule has 0 saturated carbocycles. The third-order valence-electron chi connectivity index (χ3n) is 6.12. The zero-order valence-corrected chi connectivity index (χ0v) is 17.0. The maximum absolute atomic E-state index is 11.6. The molecule has 2 N–H and O–H groups in total. The first-order valence-electron chi connectivity index (χ1n) is 10.7. The zero-order chi connectivity index (χ0) is 20.9. The molecular formula is C22H28N4O4. The second kappa shape index (κ2) is 9.38. The lowest BCUT2D eigenvalue weighted by molar-refractivity contribution is -0.123. The van der Waals surface area contributed by atoms with Crippen molar-refractivity contribution >= 4 is 12.4 Å². The Kier molecular flexibility index (Phi) is 6.42. The van der Waals surface area contributed by atoms with Crippen molar-refractivity contribution in [3.8, 4) is 5.69 Å². The first-order valence-corrected chi connectivity index (χ1v) is 10.7. The van der Waals surface area contributed by atoms with Gasteiger partial charge < -0.3 is 15.2 Å². The third kappa shape index (κ3) is 4.53. The molecule has 1 aromatic carbocycles. The SMILES string of the molecule is O=C1CC[C@H](Cc2nc(C3CCOCC3)nn2-c2ccc3c(c2)CCC3)N1.O=CO. The number of hydrogen-bond acceptors (Lipinski definition) is 5. The van der Waals surface area contributed by atoms with Crippen molar-refractivity contribution in [2.24, 2.45) is 0 Å². The van der Waals surface area contributed by atoms with E-state index in [1.54, 1.807) is 0 Å². The summed E-state index contributed by atoms with van der Waals surface area (Å²) in [5, 5.41) is 14.9. The van der Waals surface area contributed by atoms with Gasteiger partial charge in [0, 0.05) is 38.0 Å². The van der Waals surface area contributed by atoms with Gasteiger partial charge in [-0.2, -0.15) is 5.10 Å². The molecule has 2 saturated heterocycles. The Hall–Kier alpha value is -2.74. The second-order valence-electron chi connectivity index (χ2n) is 8.10. The summed E-state index contributed by atoms with van der Waals surface area (Å²) in [7, 11) is 0. The number of hydrogen-bond donors (Lipinski definition) is 2. The van der Waals surface area contributed by atoms with Gasteiger partial charge in [0.05, 0.1) is 5.69 Å². The van der Waals surface area contributed by atoms with E-state index >= 15 is 0 Å². The second-order valence-corrected chi connectivity index (χ2v) is 8.10. The van der Waals surface area contributed by atoms with Gasteiger partial charge in [-0.05, 0) is 61.8 Å². The molecule has 5 rings (SSSR count). The van der Waals surface area contributed by atoms with Gasteiger partial charge in [-0.15, -0.1) is 0 Å². The minimum absolute atomic E-state index is 0.147. The average Bonchev–Trinajstić information content (AvgIpc) is 3.49. The minimum atomic E-state index is -0.250. The van der Waals surface area contributed by atoms with Gasteiger partial charge in [0.2, 0.25) is 5.91 Å². The van der Waals surface area contributed by atoms with Gasteiger partial charge in [-0.25, -0.2) is 9.67 Å². The number of fused-ring (bicyclic) bond motifs is 1. The standard InChI is InChI=1S/C21H26N4O2.CH2O2/c26-20-7-5-17(22-20)13-19-23-21(15-8-10-27-11-9-15)24-25(19)18-6-4-14-2-1-3-16(14)12-18;2-1-3/h4,6,12,15,17H,1-3,5,7-11,13H2,(H,22,26);1H,(H,2,3)/t17-;/m1./s1. The van der Waals surface area contributed by atoms with Crippen LogP contribution in [0.2, 0.25) is 0 Å². The number of ether oxygens (including phenoxy) is 1. The van der Waals surface area contributed by atoms with Crippen LogP contribution < -0.4 is 5.32 Å². The van der Waals surface area contributed by atoms with E-state index in [-0.39, 0.29) is 18.4 Å². The monoisotopic (exact) mass is 412 g/mol. The van der Waals surface area contributed by atoms with Crippen LogP contribution in [0.3, 0.4) is 0 Å². The Balaban J connectivity index is 0.000000687. The number of carboxylic acid groups (broad SMARTS) is 1. The molecule has 3 heterocycles. The summed E-state index contributed by atoms with van der Waals surface area (Å²) in [5.74, 6) is 2.40. The Bertz CT molecular complexity index is 905. The quantitative estimate of drug-likeness (QED) is 0.746. The number of nitrogens with one attached hydrogen (secondary N) is 1. The van der Waals surface area contributed by atoms with Crippen molar-refractivity contribution in [1.29, 1.82) is 0 Å². The normalized spacial score (nSPS) is 20.9. The van der Waals surface area contributed by atoms with E-state index in [9.17, 15) is 4.79 Å². The highest BCUT2D eigenvalue weighted by molar-refractivity contribution is 5.78. The highest BCUT2D eigenvalue weighted by atomic mass is 16.5. The predicted octanol–water partition coefficient (Wildman–Crippen LogP) is 2.17. The smallest absolute Gasteiger partial charge is 0.290 e. The fraction of sp³-hybridized carbons (Fsp3) is 0.545. The van der Waals surface area contributed by atoms with Gasteiger partial charge in [-0.1, -0.05) is 6.07 Å². The summed E-state index contributed by atoms with van der Waals surface area (Å²) in [4.78, 5) is 24.9. The molecule has 8 nitrogen and oxygen atoms in total. The van der Waals surface area contributed by atoms with E-state index in [1.807, 2.05) is 4.68 Å². The van der Waals surface area contributed by atoms with Gasteiger partial charge in [-0.3, -0.25) is 9.59 Å². The highest BCUT2D eigenvalue weighted by Crippen LogP contribution is 2.28. The molecule has 0 unspecified atom stereocenters. The number of rotatable bonds is 4. The molecule has 2 aliphatic heterocycles. The number of aromatic nitrogens is 3. The van der Waals surface area contributed by atoms with Crippen LogP contribution in [-0.2, 0) is 33.6 Å². The lowest BCUT2D eigenvalue weighted by Gasteiger charge is -2.18. The Labute approximate surface area is 175 Å². The van der Waals surface area contributed by atoms with Crippen LogP contribution in [0.1, 0.15) is 60.8 Å². The van der Waals surface area contributed by atoms with E-state index in [0.29, 0.717) is 12.3 Å². The molecular weight excluding hydrogens is 384 g/mol. The number of carbonyl (C=O) groups is 2. The molecule has 1 amide bonds. The van der Waals surface area contributed by atoms with E-state index in [1.165, 1.54) is 24.0 Å². The Morgan fingerprint density at radius 1 is 1.17 bits per heavy atom. The fourth-order valence-corrected chi connectivity index (χ4v) is 4.57. The van der Waals surface area contributed by atoms with Crippen molar-refractivity contribution in [3.05, 3.63) is 41.0 Å². The molecule has 1 atom stereocenters. The summed E-state index contributed by atoms with van der Waals surface area (Å²) in [6.07, 6.45) is 7.76. The van der Waals surface area contributed by atoms with Gasteiger partial charge in [0.1, 0.15) is 5.82 Å². The molecule has 3 aliphatic rings. The van der Waals surface area contributed by atoms with Gasteiger partial charge in [0.15, 0.2) is 5.82 Å². The molecule has 0 bridgehead atoms. The van der Waals surface area contributed by atoms with Crippen molar-refractivity contribution in [2.45, 2.75) is 63.3 Å². The first-order chi connectivity index (χ1) is 14.7. The molecule has 0 radical (unpaired) electrons. The molecule has 160 valence electrons. The van der Waals surface area contributed by atoms with E-state index < -0.39 is 0 Å². The molecule has 2 fully saturated rings. The van der Waals surface area contributed by atoms with Crippen LogP contribution in [0.15, 0.2) is 18.2 Å². The van der Waals surface area contributed by atoms with Gasteiger partial charge >= 0.3 is 0 Å². The largest absolute Gasteiger partial charge is 0.483 e. The van der Waals surface area contributed by atoms with Crippen molar-refractivity contribution in [1.82, 2.24) is 20.1 Å². The summed E-state index contributed by atoms with van der Waals surface area (Å²) >= 11 is 0. The summed E-state index contributed by atoms with van der Waals surface area (Å²) < 4.78 is 7.52. The maximum Gasteiger partial charge on any atom is 0.290 e. The molecule has 1 aromatic heterocycles. The van der Waals surface area contributed by atoms with Crippen LogP contribution in [-0.4, -0.2) is 51.5 Å². The zero-order valence-electron chi connectivity index (χ0n) is 17.0. The summed E-state index contributed by atoms with van der Waals surface area (Å²) in [6.45, 7) is 1.32. The van der Waals surface area contributed by atoms with Crippen LogP contribution in [0.5, 0.6) is 0 Å². The molecule has 0 spiro atoms. The fourth-order valence-electron chi connectivity index (χ4n) is 4.57. The number of carbonyl (C=O) groups excluding carboxylic acids is 1. The molecule has 1 aliphatic carbocycles. The number of nitrogens with zero attached hydrogens (tertiary/aromatic N) is 3. The predicted molar refractivity (Wildman–Crippen MR) is 110 cm³/mol. The van der Waals surface area contributed by atoms with E-state index in [2.05, 4.69) is 23.5 Å². The maximum atomic E-state index is 11.6. The van der Waals surface area contributed by atoms with E-state index in [0.717, 1.165) is 62.7 Å². The molecule has 8 heteroatoms. The van der Waals surface area contributed by atoms with Crippen molar-refractivity contribution < 1.29 is 19.4 Å². The summed E-state index contributed by atoms with van der Waals surface area (Å²) in [6, 6.07) is 6.86. The number of amides is 1. The topological polar surface area (TPSA) is 106 Å². The van der Waals surface area contributed by atoms with Crippen LogP contribution in [0.4, 0.5) is 0 Å². The Morgan fingerprint density at radius 3 is 2.67 bits per heavy atom. The average molecular weight is 412 g/mol. The van der Waals surface area contributed by atoms with Crippen LogP contribution in [0, 0.1) is 0 Å². The van der Waals surface area contributed by atoms with Crippen LogP contribution >= 0.6 is 0 Å². The lowest BCUT2D eigenvalue weighted by Crippen LogP contribution is -2.28. The summed E-state index contributed by atoms with van der Waals surface area (Å²) in [5.41, 5.74) is 4.00. The minimum Gasteiger partial charge on any atom is -0.483 e. The lowest BCUT2D eigenvalue weighted by atomic mass is 10.00.